The predicted molar refractivity (Wildman–Crippen MR) is 163 cm³/mol. The van der Waals surface area contributed by atoms with E-state index >= 15 is 0 Å². The van der Waals surface area contributed by atoms with Gasteiger partial charge in [-0.15, -0.1) is 0 Å². The Kier molecular flexibility index (Phi) is 9.20. The van der Waals surface area contributed by atoms with Gasteiger partial charge in [0.05, 0.1) is 61.5 Å². The molecule has 5 heterocycles. The molecule has 5 saturated heterocycles. The van der Waals surface area contributed by atoms with Crippen molar-refractivity contribution >= 4 is 0 Å². The van der Waals surface area contributed by atoms with Crippen LogP contribution in [0, 0.1) is 47.3 Å². The van der Waals surface area contributed by atoms with Crippen LogP contribution in [-0.2, 0) is 19.5 Å². The zero-order valence-corrected chi connectivity index (χ0v) is 29.5. The molecule has 12 nitrogen and oxygen atoms in total. The summed E-state index contributed by atoms with van der Waals surface area (Å²) < 4.78 is 0. The molecule has 13 heteroatoms. The molecular weight excluding hydrogens is 626 g/mol. The van der Waals surface area contributed by atoms with Gasteiger partial charge in [-0.05, 0) is 74.0 Å². The van der Waals surface area contributed by atoms with Crippen molar-refractivity contribution in [2.45, 2.75) is 151 Å². The van der Waals surface area contributed by atoms with Crippen molar-refractivity contribution in [3.05, 3.63) is 0 Å². The van der Waals surface area contributed by atoms with E-state index in [0.717, 1.165) is 12.8 Å². The Labute approximate surface area is 279 Å². The van der Waals surface area contributed by atoms with E-state index in [4.69, 9.17) is 0 Å². The van der Waals surface area contributed by atoms with Crippen molar-refractivity contribution in [2.24, 2.45) is 47.3 Å². The minimum absolute atomic E-state index is 0. The molecule has 9 aliphatic rings. The van der Waals surface area contributed by atoms with Crippen LogP contribution < -0.4 is 42.5 Å². The number of fused-ring (bicyclic) bond motifs is 20. The topological polar surface area (TPSA) is 177 Å². The number of rotatable bonds is 0. The quantitative estimate of drug-likeness (QED) is 0.133. The molecule has 0 spiro atoms. The molecule has 5 aliphatic heterocycles. The molecule has 0 amide bonds. The van der Waals surface area contributed by atoms with Gasteiger partial charge in [-0.2, -0.15) is 0 Å². The van der Waals surface area contributed by atoms with Gasteiger partial charge >= 0.3 is 0 Å². The molecule has 9 rings (SSSR count). The standard InChI is InChI=1S/C32H56N8O4.Zn/c41-21-19-20(22(42)24(44)23(21)43)32-39-30-18-12-6-4-10-16(18)28(37-30)35-26-14-8-2-1-7-13(14)25(33-26)34-27-15-9-3-5-11-17(15)29(36-27)38-31(19)40-32;/h13-44H,1-12H2;. The van der Waals surface area contributed by atoms with Crippen molar-refractivity contribution in [1.29, 1.82) is 0 Å². The summed E-state index contributed by atoms with van der Waals surface area (Å²) in [4.78, 5) is 0. The molecule has 20 atom stereocenters. The van der Waals surface area contributed by atoms with E-state index in [-0.39, 0.29) is 68.8 Å². The van der Waals surface area contributed by atoms with E-state index in [9.17, 15) is 20.4 Å². The molecule has 20 unspecified atom stereocenters. The molecule has 0 aromatic heterocycles. The van der Waals surface area contributed by atoms with Gasteiger partial charge in [0.15, 0.2) is 0 Å². The minimum Gasteiger partial charge on any atom is -0.390 e. The second-order valence-corrected chi connectivity index (χ2v) is 16.1. The minimum atomic E-state index is -1.38. The average Bonchev–Trinajstić information content (AvgIpc) is 3.78. The maximum Gasteiger partial charge on any atom is 0.109 e. The second kappa shape index (κ2) is 12.8. The second-order valence-electron chi connectivity index (χ2n) is 16.1. The van der Waals surface area contributed by atoms with Crippen molar-refractivity contribution in [1.82, 2.24) is 42.5 Å². The smallest absolute Gasteiger partial charge is 0.109 e. The molecule has 4 aliphatic carbocycles. The fraction of sp³-hybridized carbons (Fsp3) is 1.00. The monoisotopic (exact) mass is 680 g/mol. The fourth-order valence-corrected chi connectivity index (χ4v) is 12.1. The number of nitrogens with one attached hydrogen (secondary N) is 8. The fourth-order valence-electron chi connectivity index (χ4n) is 12.1. The molecular formula is C32H56N8O4Zn. The van der Waals surface area contributed by atoms with Crippen LogP contribution >= 0.6 is 0 Å². The van der Waals surface area contributed by atoms with Gasteiger partial charge in [-0.3, -0.25) is 42.5 Å². The van der Waals surface area contributed by atoms with Crippen LogP contribution in [0.3, 0.4) is 0 Å². The molecule has 12 N–H and O–H groups in total. The Morgan fingerprint density at radius 3 is 0.733 bits per heavy atom. The summed E-state index contributed by atoms with van der Waals surface area (Å²) in [6, 6.07) is 0. The summed E-state index contributed by atoms with van der Waals surface area (Å²) in [7, 11) is 0. The van der Waals surface area contributed by atoms with Gasteiger partial charge < -0.3 is 20.4 Å². The van der Waals surface area contributed by atoms with Crippen LogP contribution in [-0.4, -0.2) is 94.2 Å². The first-order valence-electron chi connectivity index (χ1n) is 18.3. The van der Waals surface area contributed by atoms with Crippen molar-refractivity contribution in [3.63, 3.8) is 0 Å². The van der Waals surface area contributed by atoms with E-state index in [1.54, 1.807) is 0 Å². The normalized spacial score (nSPS) is 58.9. The van der Waals surface area contributed by atoms with Gasteiger partial charge in [0.25, 0.3) is 0 Å². The summed E-state index contributed by atoms with van der Waals surface area (Å²) in [6.45, 7) is 0. The first-order valence-corrected chi connectivity index (χ1v) is 18.3. The summed E-state index contributed by atoms with van der Waals surface area (Å²) in [6.07, 6.45) is 10.2. The third-order valence-electron chi connectivity index (χ3n) is 14.1. The largest absolute Gasteiger partial charge is 0.390 e. The number of aliphatic hydroxyl groups excluding tert-OH is 4. The van der Waals surface area contributed by atoms with Crippen LogP contribution in [0.4, 0.5) is 0 Å². The average molecular weight is 682 g/mol. The summed E-state index contributed by atoms with van der Waals surface area (Å²) in [5.41, 5.74) is 0. The van der Waals surface area contributed by atoms with E-state index in [0.29, 0.717) is 35.5 Å². The van der Waals surface area contributed by atoms with Crippen molar-refractivity contribution < 1.29 is 39.9 Å². The maximum atomic E-state index is 11.4. The first-order chi connectivity index (χ1) is 21.5. The molecule has 45 heavy (non-hydrogen) atoms. The van der Waals surface area contributed by atoms with Gasteiger partial charge in [-0.1, -0.05) is 38.5 Å². The summed E-state index contributed by atoms with van der Waals surface area (Å²) in [5, 5.41) is 76.2. The Bertz CT molecular complexity index is 989. The molecule has 4 saturated carbocycles. The maximum absolute atomic E-state index is 11.4. The molecule has 0 aromatic rings. The van der Waals surface area contributed by atoms with E-state index in [1.165, 1.54) is 64.2 Å². The summed E-state index contributed by atoms with van der Waals surface area (Å²) in [5.74, 6) is 2.30. The molecule has 9 fully saturated rings. The zero-order valence-electron chi connectivity index (χ0n) is 26.5. The number of hydrogen-bond acceptors (Lipinski definition) is 12. The van der Waals surface area contributed by atoms with Crippen molar-refractivity contribution in [2.75, 3.05) is 0 Å². The molecule has 250 valence electrons. The van der Waals surface area contributed by atoms with E-state index in [1.807, 2.05) is 0 Å². The Balaban J connectivity index is 0.00000300. The Morgan fingerprint density at radius 1 is 0.289 bits per heavy atom. The summed E-state index contributed by atoms with van der Waals surface area (Å²) >= 11 is 0. The number of hydrogen-bond donors (Lipinski definition) is 12. The third-order valence-corrected chi connectivity index (χ3v) is 14.1. The van der Waals surface area contributed by atoms with Gasteiger partial charge in [0, 0.05) is 31.3 Å². The number of aliphatic hydroxyl groups is 4. The molecule has 8 bridgehead atoms. The van der Waals surface area contributed by atoms with Crippen LogP contribution in [0.15, 0.2) is 0 Å². The van der Waals surface area contributed by atoms with Crippen LogP contribution in [0.1, 0.15) is 77.0 Å². The van der Waals surface area contributed by atoms with Crippen LogP contribution in [0.5, 0.6) is 0 Å². The van der Waals surface area contributed by atoms with E-state index < -0.39 is 36.3 Å². The van der Waals surface area contributed by atoms with E-state index in [2.05, 4.69) is 42.5 Å². The predicted octanol–water partition coefficient (Wildman–Crippen LogP) is -1.51. The van der Waals surface area contributed by atoms with Gasteiger partial charge in [0.2, 0.25) is 0 Å². The zero-order chi connectivity index (χ0) is 29.7. The van der Waals surface area contributed by atoms with Gasteiger partial charge in [-0.25, -0.2) is 0 Å². The molecule has 0 aromatic carbocycles. The van der Waals surface area contributed by atoms with Crippen LogP contribution in [0.25, 0.3) is 0 Å². The third kappa shape index (κ3) is 5.34. The SMILES string of the molecule is OC1C(O)C(O)C2C3NC4NC(NC5NC(NC6NC(NC(N3)C2C1O)C1CCCCC61)C1CCCCC51)C1CCCCC41.[Zn]. The van der Waals surface area contributed by atoms with Crippen LogP contribution in [0.2, 0.25) is 0 Å². The Morgan fingerprint density at radius 2 is 0.489 bits per heavy atom. The Hall–Kier alpha value is 0.143. The first kappa shape index (κ1) is 32.4. The molecule has 0 radical (unpaired) electrons. The van der Waals surface area contributed by atoms with Gasteiger partial charge in [0.1, 0.15) is 12.2 Å². The van der Waals surface area contributed by atoms with Crippen molar-refractivity contribution in [3.8, 4) is 0 Å².